The molecule has 168 valence electrons. The third kappa shape index (κ3) is 5.48. The molecule has 11 heteroatoms. The zero-order valence-corrected chi connectivity index (χ0v) is 16.9. The van der Waals surface area contributed by atoms with Crippen LogP contribution in [0.1, 0.15) is 40.7 Å². The molecular formula is C21H20F3N5O3. The molecule has 0 atom stereocenters. The van der Waals surface area contributed by atoms with Gasteiger partial charge in [-0.25, -0.2) is 4.99 Å². The van der Waals surface area contributed by atoms with Crippen molar-refractivity contribution in [1.29, 1.82) is 0 Å². The molecule has 3 rings (SSSR count). The second-order valence-electron chi connectivity index (χ2n) is 7.15. The number of nitrogens with zero attached hydrogens (tertiary/aromatic N) is 4. The van der Waals surface area contributed by atoms with E-state index in [4.69, 9.17) is 5.73 Å². The molecule has 0 spiro atoms. The van der Waals surface area contributed by atoms with Gasteiger partial charge in [-0.3, -0.25) is 14.9 Å². The molecule has 32 heavy (non-hydrogen) atoms. The number of amides is 1. The minimum absolute atomic E-state index is 0.00296. The Morgan fingerprint density at radius 2 is 1.84 bits per heavy atom. The van der Waals surface area contributed by atoms with Crippen molar-refractivity contribution >= 4 is 29.5 Å². The Balaban J connectivity index is 1.83. The van der Waals surface area contributed by atoms with E-state index in [9.17, 15) is 28.1 Å². The number of carbonyl (C=O) groups excluding carboxylic acids is 1. The average molecular weight is 447 g/mol. The summed E-state index contributed by atoms with van der Waals surface area (Å²) in [6, 6.07) is 8.49. The van der Waals surface area contributed by atoms with Crippen molar-refractivity contribution in [2.75, 3.05) is 18.0 Å². The van der Waals surface area contributed by atoms with Gasteiger partial charge in [0.25, 0.3) is 11.6 Å². The van der Waals surface area contributed by atoms with Crippen molar-refractivity contribution in [3.05, 3.63) is 69.3 Å². The summed E-state index contributed by atoms with van der Waals surface area (Å²) in [6.07, 6.45) is -0.692. The number of rotatable bonds is 5. The molecule has 2 N–H and O–H groups in total. The lowest BCUT2D eigenvalue weighted by Crippen LogP contribution is -2.29. The maximum absolute atomic E-state index is 12.8. The number of carbonyl (C=O) groups is 1. The van der Waals surface area contributed by atoms with Crippen LogP contribution in [-0.2, 0) is 6.18 Å². The lowest BCUT2D eigenvalue weighted by Gasteiger charge is -2.28. The quantitative estimate of drug-likeness (QED) is 0.320. The van der Waals surface area contributed by atoms with Crippen LogP contribution in [-0.4, -0.2) is 36.1 Å². The number of hydrogen-bond donors (Lipinski definition) is 1. The van der Waals surface area contributed by atoms with Gasteiger partial charge in [0.05, 0.1) is 10.5 Å². The SMILES string of the molecule is NC(=NC=NC(=O)c1cc(N2CCCCC2)ccc1[N+](=O)[O-])c1cccc(C(F)(F)F)c1. The van der Waals surface area contributed by atoms with E-state index in [1.165, 1.54) is 24.3 Å². The monoisotopic (exact) mass is 447 g/mol. The summed E-state index contributed by atoms with van der Waals surface area (Å²) in [5, 5.41) is 11.3. The van der Waals surface area contributed by atoms with Crippen molar-refractivity contribution in [1.82, 2.24) is 0 Å². The Bertz CT molecular complexity index is 1080. The number of alkyl halides is 3. The fraction of sp³-hybridized carbons (Fsp3) is 0.286. The average Bonchev–Trinajstić information content (AvgIpc) is 2.78. The standard InChI is InChI=1S/C21H20F3N5O3/c22-21(23,24)15-6-4-5-14(11-15)19(25)26-13-27-20(30)17-12-16(7-8-18(17)29(31)32)28-9-2-1-3-10-28/h4-8,11-13H,1-3,9-10H2,(H2,25,26,27,30). The van der Waals surface area contributed by atoms with E-state index in [0.29, 0.717) is 5.69 Å². The van der Waals surface area contributed by atoms with Gasteiger partial charge in [0.1, 0.15) is 17.7 Å². The summed E-state index contributed by atoms with van der Waals surface area (Å²) in [6.45, 7) is 1.57. The molecule has 1 aliphatic heterocycles. The topological polar surface area (TPSA) is 114 Å². The normalized spacial score (nSPS) is 15.2. The van der Waals surface area contributed by atoms with E-state index in [-0.39, 0.29) is 17.0 Å². The van der Waals surface area contributed by atoms with E-state index in [1.807, 2.05) is 4.90 Å². The maximum atomic E-state index is 12.8. The van der Waals surface area contributed by atoms with E-state index < -0.39 is 28.3 Å². The molecule has 0 unspecified atom stereocenters. The lowest BCUT2D eigenvalue weighted by atomic mass is 10.1. The predicted octanol–water partition coefficient (Wildman–Crippen LogP) is 4.18. The largest absolute Gasteiger partial charge is 0.416 e. The Morgan fingerprint density at radius 1 is 1.12 bits per heavy atom. The number of benzene rings is 2. The molecule has 1 heterocycles. The smallest absolute Gasteiger partial charge is 0.383 e. The summed E-state index contributed by atoms with van der Waals surface area (Å²) in [5.74, 6) is -1.19. The van der Waals surface area contributed by atoms with Crippen LogP contribution < -0.4 is 10.6 Å². The molecule has 1 saturated heterocycles. The Kier molecular flexibility index (Phi) is 6.86. The van der Waals surface area contributed by atoms with E-state index in [1.54, 1.807) is 6.07 Å². The number of hydrogen-bond acceptors (Lipinski definition) is 4. The number of amidine groups is 1. The number of halogens is 3. The number of aliphatic imine (C=N–C) groups is 2. The highest BCUT2D eigenvalue weighted by Gasteiger charge is 2.30. The maximum Gasteiger partial charge on any atom is 0.416 e. The number of nitro benzene ring substituents is 1. The Morgan fingerprint density at radius 3 is 2.50 bits per heavy atom. The first kappa shape index (κ1) is 22.9. The first-order valence-corrected chi connectivity index (χ1v) is 9.78. The van der Waals surface area contributed by atoms with Crippen LogP contribution in [0, 0.1) is 10.1 Å². The van der Waals surface area contributed by atoms with Gasteiger partial charge < -0.3 is 10.6 Å². The van der Waals surface area contributed by atoms with Gasteiger partial charge in [0.2, 0.25) is 0 Å². The molecule has 0 aromatic heterocycles. The summed E-state index contributed by atoms with van der Waals surface area (Å²) < 4.78 is 38.5. The van der Waals surface area contributed by atoms with Crippen LogP contribution in [0.3, 0.4) is 0 Å². The van der Waals surface area contributed by atoms with Gasteiger partial charge >= 0.3 is 6.18 Å². The van der Waals surface area contributed by atoms with Crippen molar-refractivity contribution in [3.63, 3.8) is 0 Å². The molecule has 0 radical (unpaired) electrons. The highest BCUT2D eigenvalue weighted by atomic mass is 19.4. The second kappa shape index (κ2) is 9.58. The zero-order chi connectivity index (χ0) is 23.3. The minimum atomic E-state index is -4.54. The lowest BCUT2D eigenvalue weighted by molar-refractivity contribution is -0.385. The minimum Gasteiger partial charge on any atom is -0.383 e. The molecule has 1 fully saturated rings. The third-order valence-corrected chi connectivity index (χ3v) is 4.99. The number of piperidine rings is 1. The fourth-order valence-electron chi connectivity index (χ4n) is 3.35. The Hall–Kier alpha value is -3.76. The van der Waals surface area contributed by atoms with Crippen molar-refractivity contribution in [2.24, 2.45) is 15.7 Å². The molecule has 0 bridgehead atoms. The summed E-state index contributed by atoms with van der Waals surface area (Å²) in [4.78, 5) is 32.5. The van der Waals surface area contributed by atoms with Gasteiger partial charge in [-0.15, -0.1) is 0 Å². The van der Waals surface area contributed by atoms with Crippen LogP contribution in [0.5, 0.6) is 0 Å². The highest BCUT2D eigenvalue weighted by molar-refractivity contribution is 6.06. The van der Waals surface area contributed by atoms with Gasteiger partial charge in [0, 0.05) is 30.4 Å². The molecule has 8 nitrogen and oxygen atoms in total. The van der Waals surface area contributed by atoms with Crippen LogP contribution in [0.25, 0.3) is 0 Å². The van der Waals surface area contributed by atoms with Crippen LogP contribution >= 0.6 is 0 Å². The molecule has 1 amide bonds. The number of nitrogens with two attached hydrogens (primary N) is 1. The van der Waals surface area contributed by atoms with Crippen molar-refractivity contribution in [3.8, 4) is 0 Å². The number of anilines is 1. The first-order chi connectivity index (χ1) is 15.2. The van der Waals surface area contributed by atoms with E-state index in [2.05, 4.69) is 9.98 Å². The predicted molar refractivity (Wildman–Crippen MR) is 114 cm³/mol. The van der Waals surface area contributed by atoms with Crippen LogP contribution in [0.4, 0.5) is 24.5 Å². The van der Waals surface area contributed by atoms with E-state index >= 15 is 0 Å². The summed E-state index contributed by atoms with van der Waals surface area (Å²) in [5.41, 5.74) is 4.87. The summed E-state index contributed by atoms with van der Waals surface area (Å²) in [7, 11) is 0. The van der Waals surface area contributed by atoms with Crippen LogP contribution in [0.2, 0.25) is 0 Å². The zero-order valence-electron chi connectivity index (χ0n) is 16.9. The molecule has 2 aromatic carbocycles. The second-order valence-corrected chi connectivity index (χ2v) is 7.15. The van der Waals surface area contributed by atoms with E-state index in [0.717, 1.165) is 50.8 Å². The first-order valence-electron chi connectivity index (χ1n) is 9.78. The van der Waals surface area contributed by atoms with Crippen molar-refractivity contribution in [2.45, 2.75) is 25.4 Å². The van der Waals surface area contributed by atoms with Gasteiger partial charge in [0.15, 0.2) is 0 Å². The molecule has 0 saturated carbocycles. The molecular weight excluding hydrogens is 427 g/mol. The van der Waals surface area contributed by atoms with Gasteiger partial charge in [-0.05, 0) is 43.5 Å². The van der Waals surface area contributed by atoms with Gasteiger partial charge in [-0.2, -0.15) is 18.2 Å². The highest BCUT2D eigenvalue weighted by Crippen LogP contribution is 2.30. The van der Waals surface area contributed by atoms with Crippen molar-refractivity contribution < 1.29 is 22.9 Å². The van der Waals surface area contributed by atoms with Gasteiger partial charge in [-0.1, -0.05) is 12.1 Å². The van der Waals surface area contributed by atoms with Crippen LogP contribution in [0.15, 0.2) is 52.4 Å². The third-order valence-electron chi connectivity index (χ3n) is 4.99. The fourth-order valence-corrected chi connectivity index (χ4v) is 3.35. The summed E-state index contributed by atoms with van der Waals surface area (Å²) >= 11 is 0. The molecule has 1 aliphatic rings. The molecule has 0 aliphatic carbocycles. The number of nitro groups is 1. The Labute approximate surface area is 181 Å². The molecule has 2 aromatic rings.